The fourth-order valence-corrected chi connectivity index (χ4v) is 1.36. The average Bonchev–Trinajstić information content (AvgIpc) is 2.27. The van der Waals surface area contributed by atoms with Gasteiger partial charge in [-0.3, -0.25) is 10.1 Å². The highest BCUT2D eigenvalue weighted by Crippen LogP contribution is 2.33. The first kappa shape index (κ1) is 14.8. The van der Waals surface area contributed by atoms with Gasteiger partial charge in [-0.2, -0.15) is 13.2 Å². The average molecular weight is 273 g/mol. The van der Waals surface area contributed by atoms with Crippen LogP contribution in [-0.2, 0) is 6.18 Å². The topological polar surface area (TPSA) is 68.1 Å². The molecule has 1 aromatic rings. The number of alkyl halides is 3. The number of pyridine rings is 1. The first-order valence-corrected chi connectivity index (χ1v) is 5.17. The highest BCUT2D eigenvalue weighted by molar-refractivity contribution is 5.61. The predicted octanol–water partition coefficient (Wildman–Crippen LogP) is 2.83. The number of anilines is 1. The van der Waals surface area contributed by atoms with Gasteiger partial charge in [0.25, 0.3) is 0 Å². The van der Waals surface area contributed by atoms with Gasteiger partial charge in [0.2, 0.25) is 0 Å². The van der Waals surface area contributed by atoms with Gasteiger partial charge in [0.15, 0.2) is 0 Å². The number of terminal acetylenes is 1. The lowest BCUT2D eigenvalue weighted by Gasteiger charge is -2.14. The van der Waals surface area contributed by atoms with Crippen molar-refractivity contribution >= 4 is 11.4 Å². The number of rotatable bonds is 4. The zero-order chi connectivity index (χ0) is 14.6. The van der Waals surface area contributed by atoms with Crippen LogP contribution in [0.3, 0.4) is 0 Å². The molecule has 102 valence electrons. The van der Waals surface area contributed by atoms with Gasteiger partial charge in [-0.15, -0.1) is 12.3 Å². The van der Waals surface area contributed by atoms with E-state index >= 15 is 0 Å². The Morgan fingerprint density at radius 3 is 2.74 bits per heavy atom. The van der Waals surface area contributed by atoms with Crippen molar-refractivity contribution < 1.29 is 18.1 Å². The number of halogens is 3. The van der Waals surface area contributed by atoms with Crippen LogP contribution in [0.2, 0.25) is 0 Å². The normalized spacial score (nSPS) is 12.6. The third kappa shape index (κ3) is 3.84. The molecule has 1 unspecified atom stereocenters. The Bertz CT molecular complexity index is 523. The van der Waals surface area contributed by atoms with E-state index in [9.17, 15) is 23.3 Å². The van der Waals surface area contributed by atoms with E-state index in [2.05, 4.69) is 16.2 Å². The lowest BCUT2D eigenvalue weighted by Crippen LogP contribution is -2.17. The molecule has 1 N–H and O–H groups in total. The smallest absolute Gasteiger partial charge is 0.376 e. The Balaban J connectivity index is 3.17. The van der Waals surface area contributed by atoms with Gasteiger partial charge >= 0.3 is 11.9 Å². The Kier molecular flexibility index (Phi) is 4.32. The Labute approximate surface area is 107 Å². The zero-order valence-corrected chi connectivity index (χ0v) is 9.86. The van der Waals surface area contributed by atoms with E-state index in [0.29, 0.717) is 12.3 Å². The van der Waals surface area contributed by atoms with Gasteiger partial charge in [0.05, 0.1) is 4.92 Å². The monoisotopic (exact) mass is 273 g/mol. The van der Waals surface area contributed by atoms with E-state index in [1.165, 1.54) is 0 Å². The zero-order valence-electron chi connectivity index (χ0n) is 9.86. The van der Waals surface area contributed by atoms with Crippen molar-refractivity contribution in [2.24, 2.45) is 0 Å². The van der Waals surface area contributed by atoms with Crippen LogP contribution in [0.5, 0.6) is 0 Å². The van der Waals surface area contributed by atoms with E-state index in [1.807, 2.05) is 0 Å². The molecule has 0 aromatic carbocycles. The summed E-state index contributed by atoms with van der Waals surface area (Å²) in [7, 11) is 0. The minimum Gasteiger partial charge on any atom is -0.376 e. The van der Waals surface area contributed by atoms with Crippen molar-refractivity contribution in [3.05, 3.63) is 28.1 Å². The molecule has 0 bridgehead atoms. The van der Waals surface area contributed by atoms with Gasteiger partial charge in [-0.25, -0.2) is 4.98 Å². The molecule has 0 fully saturated rings. The van der Waals surface area contributed by atoms with E-state index in [-0.39, 0.29) is 12.1 Å². The molecule has 0 saturated heterocycles. The van der Waals surface area contributed by atoms with Crippen molar-refractivity contribution in [1.82, 2.24) is 4.98 Å². The van der Waals surface area contributed by atoms with Gasteiger partial charge < -0.3 is 5.32 Å². The van der Waals surface area contributed by atoms with Crippen molar-refractivity contribution in [1.29, 1.82) is 0 Å². The lowest BCUT2D eigenvalue weighted by atomic mass is 10.2. The summed E-state index contributed by atoms with van der Waals surface area (Å²) < 4.78 is 37.5. The Morgan fingerprint density at radius 2 is 2.26 bits per heavy atom. The highest BCUT2D eigenvalue weighted by Gasteiger charge is 2.34. The molecule has 0 spiro atoms. The number of aromatic nitrogens is 1. The van der Waals surface area contributed by atoms with Crippen LogP contribution in [0.4, 0.5) is 24.5 Å². The lowest BCUT2D eigenvalue weighted by molar-refractivity contribution is -0.384. The van der Waals surface area contributed by atoms with Crippen LogP contribution in [-0.4, -0.2) is 15.9 Å². The standard InChI is InChI=1S/C11H10F3N3O2/c1-3-4-7(2)16-8-5-10(11(12,13)14)15-6-9(8)17(18)19/h1,5-7H,4H2,2H3,(H,15,16). The molecule has 0 aliphatic heterocycles. The Morgan fingerprint density at radius 1 is 1.63 bits per heavy atom. The van der Waals surface area contributed by atoms with E-state index < -0.39 is 28.5 Å². The molecule has 0 amide bonds. The quantitative estimate of drug-likeness (QED) is 0.520. The second-order valence-corrected chi connectivity index (χ2v) is 3.80. The summed E-state index contributed by atoms with van der Waals surface area (Å²) in [5.41, 5.74) is -1.99. The maximum absolute atomic E-state index is 12.5. The summed E-state index contributed by atoms with van der Waals surface area (Å²) in [5.74, 6) is 2.31. The molecular formula is C11H10F3N3O2. The van der Waals surface area contributed by atoms with E-state index in [1.54, 1.807) is 6.92 Å². The second kappa shape index (κ2) is 5.56. The van der Waals surface area contributed by atoms with Crippen LogP contribution in [0.25, 0.3) is 0 Å². The molecule has 1 aromatic heterocycles. The molecule has 0 aliphatic rings. The van der Waals surface area contributed by atoms with Crippen molar-refractivity contribution in [3.8, 4) is 12.3 Å². The van der Waals surface area contributed by atoms with Gasteiger partial charge in [-0.1, -0.05) is 0 Å². The number of nitrogens with zero attached hydrogens (tertiary/aromatic N) is 2. The van der Waals surface area contributed by atoms with Crippen molar-refractivity contribution in [2.75, 3.05) is 5.32 Å². The summed E-state index contributed by atoms with van der Waals surface area (Å²) in [4.78, 5) is 13.0. The molecule has 19 heavy (non-hydrogen) atoms. The molecule has 1 atom stereocenters. The summed E-state index contributed by atoms with van der Waals surface area (Å²) in [6, 6.07) is 0.206. The molecule has 8 heteroatoms. The summed E-state index contributed by atoms with van der Waals surface area (Å²) in [6.07, 6.45) is 1.20. The van der Waals surface area contributed by atoms with E-state index in [4.69, 9.17) is 6.42 Å². The Hall–Kier alpha value is -2.30. The van der Waals surface area contributed by atoms with Gasteiger partial charge in [0.1, 0.15) is 17.6 Å². The fraction of sp³-hybridized carbons (Fsp3) is 0.364. The third-order valence-electron chi connectivity index (χ3n) is 2.20. The first-order valence-electron chi connectivity index (χ1n) is 5.17. The maximum atomic E-state index is 12.5. The first-order chi connectivity index (χ1) is 8.75. The van der Waals surface area contributed by atoms with Crippen LogP contribution in [0.15, 0.2) is 12.3 Å². The number of nitrogens with one attached hydrogen (secondary N) is 1. The van der Waals surface area contributed by atoms with Crippen molar-refractivity contribution in [3.63, 3.8) is 0 Å². The molecule has 0 saturated carbocycles. The minimum atomic E-state index is -4.67. The third-order valence-corrected chi connectivity index (χ3v) is 2.20. The van der Waals surface area contributed by atoms with Crippen LogP contribution < -0.4 is 5.32 Å². The summed E-state index contributed by atoms with van der Waals surface area (Å²) in [6.45, 7) is 1.61. The van der Waals surface area contributed by atoms with E-state index in [0.717, 1.165) is 0 Å². The van der Waals surface area contributed by atoms with Crippen molar-refractivity contribution in [2.45, 2.75) is 25.6 Å². The minimum absolute atomic E-state index is 0.223. The second-order valence-electron chi connectivity index (χ2n) is 3.80. The summed E-state index contributed by atoms with van der Waals surface area (Å²) >= 11 is 0. The van der Waals surface area contributed by atoms with Gasteiger partial charge in [-0.05, 0) is 13.0 Å². The molecule has 1 heterocycles. The fourth-order valence-electron chi connectivity index (χ4n) is 1.36. The molecule has 0 radical (unpaired) electrons. The van der Waals surface area contributed by atoms with Gasteiger partial charge in [0, 0.05) is 12.5 Å². The van der Waals surface area contributed by atoms with Crippen LogP contribution in [0.1, 0.15) is 19.0 Å². The van der Waals surface area contributed by atoms with Crippen LogP contribution in [0, 0.1) is 22.5 Å². The molecule has 0 aliphatic carbocycles. The predicted molar refractivity (Wildman–Crippen MR) is 62.4 cm³/mol. The SMILES string of the molecule is C#CCC(C)Nc1cc(C(F)(F)F)ncc1[N+](=O)[O-]. The summed E-state index contributed by atoms with van der Waals surface area (Å²) in [5, 5.41) is 13.3. The molecule has 5 nitrogen and oxygen atoms in total. The molecular weight excluding hydrogens is 263 g/mol. The number of hydrogen-bond donors (Lipinski definition) is 1. The highest BCUT2D eigenvalue weighted by atomic mass is 19.4. The van der Waals surface area contributed by atoms with Crippen LogP contribution >= 0.6 is 0 Å². The number of hydrogen-bond acceptors (Lipinski definition) is 4. The molecule has 1 rings (SSSR count). The largest absolute Gasteiger partial charge is 0.433 e. The maximum Gasteiger partial charge on any atom is 0.433 e. The number of nitro groups is 1.